The molecule has 0 aliphatic carbocycles. The predicted molar refractivity (Wildman–Crippen MR) is 75.5 cm³/mol. The average Bonchev–Trinajstić information content (AvgIpc) is 3.03. The number of para-hydroxylation sites is 1. The van der Waals surface area contributed by atoms with Crippen LogP contribution in [0, 0.1) is 5.92 Å². The number of ketones is 1. The van der Waals surface area contributed by atoms with E-state index in [-0.39, 0.29) is 17.7 Å². The van der Waals surface area contributed by atoms with Crippen LogP contribution >= 0.6 is 11.3 Å². The highest BCUT2D eigenvalue weighted by molar-refractivity contribution is 7.18. The fourth-order valence-electron chi connectivity index (χ4n) is 2.43. The summed E-state index contributed by atoms with van der Waals surface area (Å²) < 4.78 is 6.52. The third kappa shape index (κ3) is 2.54. The van der Waals surface area contributed by atoms with Gasteiger partial charge in [0.1, 0.15) is 10.8 Å². The Balaban J connectivity index is 1.75. The Bertz CT molecular complexity index is 563. The number of carbonyl (C=O) groups excluding carboxylic acids is 1. The lowest BCUT2D eigenvalue weighted by atomic mass is 9.97. The molecule has 2 aromatic rings. The molecule has 1 N–H and O–H groups in total. The van der Waals surface area contributed by atoms with Crippen LogP contribution in [0.3, 0.4) is 0 Å². The lowest BCUT2D eigenvalue weighted by molar-refractivity contribution is -0.122. The normalized spacial score (nSPS) is 23.0. The highest BCUT2D eigenvalue weighted by Crippen LogP contribution is 2.24. The summed E-state index contributed by atoms with van der Waals surface area (Å²) in [5, 5.41) is 4.04. The summed E-state index contributed by atoms with van der Waals surface area (Å²) in [6.45, 7) is 1.14. The highest BCUT2D eigenvalue weighted by Gasteiger charge is 2.32. The third-order valence-electron chi connectivity index (χ3n) is 3.53. The van der Waals surface area contributed by atoms with Gasteiger partial charge in [0.05, 0.1) is 35.8 Å². The summed E-state index contributed by atoms with van der Waals surface area (Å²) in [6.07, 6.45) is 0.408. The van der Waals surface area contributed by atoms with Crippen LogP contribution in [0.15, 0.2) is 24.3 Å². The first-order valence-electron chi connectivity index (χ1n) is 6.40. The van der Waals surface area contributed by atoms with Gasteiger partial charge in [-0.3, -0.25) is 4.79 Å². The van der Waals surface area contributed by atoms with Crippen molar-refractivity contribution in [2.75, 3.05) is 20.3 Å². The van der Waals surface area contributed by atoms with E-state index in [4.69, 9.17) is 4.74 Å². The summed E-state index contributed by atoms with van der Waals surface area (Å²) in [7, 11) is 1.87. The van der Waals surface area contributed by atoms with E-state index in [0.29, 0.717) is 19.6 Å². The minimum atomic E-state index is -0.0444. The van der Waals surface area contributed by atoms with Crippen molar-refractivity contribution in [2.24, 2.45) is 5.92 Å². The molecule has 0 radical (unpaired) electrons. The molecule has 1 aliphatic rings. The summed E-state index contributed by atoms with van der Waals surface area (Å²) in [5.41, 5.74) is 0.975. The number of ether oxygens (including phenoxy) is 1. The molecule has 0 saturated carbocycles. The van der Waals surface area contributed by atoms with Gasteiger partial charge in [-0.05, 0) is 19.2 Å². The molecule has 1 saturated heterocycles. The Hall–Kier alpha value is -1.30. The maximum absolute atomic E-state index is 12.3. The van der Waals surface area contributed by atoms with Gasteiger partial charge in [0, 0.05) is 6.04 Å². The molecule has 1 aromatic heterocycles. The Morgan fingerprint density at radius 1 is 1.47 bits per heavy atom. The number of likely N-dealkylation sites (N-methyl/N-ethyl adjacent to an activating group) is 1. The fourth-order valence-corrected chi connectivity index (χ4v) is 3.41. The number of hydrogen-bond acceptors (Lipinski definition) is 5. The van der Waals surface area contributed by atoms with Crippen LogP contribution in [0.5, 0.6) is 0 Å². The van der Waals surface area contributed by atoms with Crippen molar-refractivity contribution >= 4 is 27.3 Å². The smallest absolute Gasteiger partial charge is 0.146 e. The van der Waals surface area contributed by atoms with Gasteiger partial charge in [-0.2, -0.15) is 0 Å². The number of benzene rings is 1. The number of carbonyl (C=O) groups is 1. The van der Waals surface area contributed by atoms with Crippen LogP contribution in [0.1, 0.15) is 5.01 Å². The zero-order chi connectivity index (χ0) is 13.2. The molecule has 3 rings (SSSR count). The Morgan fingerprint density at radius 3 is 3.11 bits per heavy atom. The topological polar surface area (TPSA) is 51.2 Å². The summed E-state index contributed by atoms with van der Waals surface area (Å²) in [5.74, 6) is 0.174. The first-order valence-corrected chi connectivity index (χ1v) is 7.22. The maximum atomic E-state index is 12.3. The molecule has 1 aromatic carbocycles. The van der Waals surface area contributed by atoms with Crippen molar-refractivity contribution in [3.8, 4) is 0 Å². The minimum absolute atomic E-state index is 0.0444. The van der Waals surface area contributed by atoms with Crippen LogP contribution in [-0.4, -0.2) is 37.1 Å². The lowest BCUT2D eigenvalue weighted by Crippen LogP contribution is -2.37. The molecule has 2 heterocycles. The number of rotatable bonds is 4. The third-order valence-corrected chi connectivity index (χ3v) is 4.56. The van der Waals surface area contributed by atoms with E-state index in [2.05, 4.69) is 10.3 Å². The second-order valence-electron chi connectivity index (χ2n) is 4.76. The molecule has 5 heteroatoms. The van der Waals surface area contributed by atoms with Crippen molar-refractivity contribution in [1.29, 1.82) is 0 Å². The van der Waals surface area contributed by atoms with Crippen molar-refractivity contribution in [2.45, 2.75) is 12.5 Å². The summed E-state index contributed by atoms with van der Waals surface area (Å²) in [6, 6.07) is 8.12. The standard InChI is InChI=1S/C14H16N2O2S/c1-15-11-8-18-7-9(11)12(17)6-14-16-10-4-2-3-5-13(10)19-14/h2-5,9,11,15H,6-8H2,1H3. The van der Waals surface area contributed by atoms with Crippen LogP contribution in [0.4, 0.5) is 0 Å². The predicted octanol–water partition coefficient (Wildman–Crippen LogP) is 1.64. The number of thiazole rings is 1. The zero-order valence-corrected chi connectivity index (χ0v) is 11.6. The molecular weight excluding hydrogens is 260 g/mol. The number of aromatic nitrogens is 1. The number of nitrogens with zero attached hydrogens (tertiary/aromatic N) is 1. The van der Waals surface area contributed by atoms with Crippen molar-refractivity contribution in [3.63, 3.8) is 0 Å². The van der Waals surface area contributed by atoms with Crippen LogP contribution < -0.4 is 5.32 Å². The molecule has 0 amide bonds. The number of Topliss-reactive ketones (excluding diaryl/α,β-unsaturated/α-hetero) is 1. The Labute approximate surface area is 115 Å². The molecule has 0 bridgehead atoms. The van der Waals surface area contributed by atoms with Gasteiger partial charge < -0.3 is 10.1 Å². The molecule has 4 nitrogen and oxygen atoms in total. The van der Waals surface area contributed by atoms with E-state index >= 15 is 0 Å². The maximum Gasteiger partial charge on any atom is 0.146 e. The molecular formula is C14H16N2O2S. The highest BCUT2D eigenvalue weighted by atomic mass is 32.1. The average molecular weight is 276 g/mol. The SMILES string of the molecule is CNC1COCC1C(=O)Cc1nc2ccccc2s1. The van der Waals surface area contributed by atoms with Crippen LogP contribution in [0.2, 0.25) is 0 Å². The second kappa shape index (κ2) is 5.36. The molecule has 100 valence electrons. The van der Waals surface area contributed by atoms with Crippen molar-refractivity contribution in [1.82, 2.24) is 10.3 Å². The number of hydrogen-bond donors (Lipinski definition) is 1. The summed E-state index contributed by atoms with van der Waals surface area (Å²) >= 11 is 1.60. The van der Waals surface area contributed by atoms with Gasteiger partial charge in [-0.1, -0.05) is 12.1 Å². The van der Waals surface area contributed by atoms with Gasteiger partial charge in [0.15, 0.2) is 0 Å². The van der Waals surface area contributed by atoms with E-state index in [1.165, 1.54) is 0 Å². The van der Waals surface area contributed by atoms with Crippen molar-refractivity contribution in [3.05, 3.63) is 29.3 Å². The Morgan fingerprint density at radius 2 is 2.32 bits per heavy atom. The number of nitrogens with one attached hydrogen (secondary N) is 1. The molecule has 2 unspecified atom stereocenters. The molecule has 2 atom stereocenters. The van der Waals surface area contributed by atoms with E-state index < -0.39 is 0 Å². The van der Waals surface area contributed by atoms with E-state index in [9.17, 15) is 4.79 Å². The minimum Gasteiger partial charge on any atom is -0.379 e. The van der Waals surface area contributed by atoms with E-state index in [1.807, 2.05) is 31.3 Å². The second-order valence-corrected chi connectivity index (χ2v) is 5.87. The monoisotopic (exact) mass is 276 g/mol. The summed E-state index contributed by atoms with van der Waals surface area (Å²) in [4.78, 5) is 16.8. The van der Waals surface area contributed by atoms with Gasteiger partial charge >= 0.3 is 0 Å². The van der Waals surface area contributed by atoms with Gasteiger partial charge in [0.25, 0.3) is 0 Å². The largest absolute Gasteiger partial charge is 0.379 e. The molecule has 0 spiro atoms. The van der Waals surface area contributed by atoms with Crippen LogP contribution in [-0.2, 0) is 16.0 Å². The van der Waals surface area contributed by atoms with Gasteiger partial charge in [-0.25, -0.2) is 4.98 Å². The first-order chi connectivity index (χ1) is 9.28. The van der Waals surface area contributed by atoms with Gasteiger partial charge in [-0.15, -0.1) is 11.3 Å². The number of fused-ring (bicyclic) bond motifs is 1. The first kappa shape index (κ1) is 12.7. The molecule has 1 fully saturated rings. The quantitative estimate of drug-likeness (QED) is 0.922. The Kier molecular flexibility index (Phi) is 3.59. The molecule has 1 aliphatic heterocycles. The van der Waals surface area contributed by atoms with Gasteiger partial charge in [0.2, 0.25) is 0 Å². The zero-order valence-electron chi connectivity index (χ0n) is 10.8. The van der Waals surface area contributed by atoms with E-state index in [1.54, 1.807) is 11.3 Å². The van der Waals surface area contributed by atoms with Crippen LogP contribution in [0.25, 0.3) is 10.2 Å². The van der Waals surface area contributed by atoms with Crippen molar-refractivity contribution < 1.29 is 9.53 Å². The fraction of sp³-hybridized carbons (Fsp3) is 0.429. The lowest BCUT2D eigenvalue weighted by Gasteiger charge is -2.14. The molecule has 19 heavy (non-hydrogen) atoms. The van der Waals surface area contributed by atoms with E-state index in [0.717, 1.165) is 15.2 Å².